The fraction of sp³-hybridized carbons (Fsp3) is 0.480. The molecule has 4 rings (SSSR count). The zero-order valence-electron chi connectivity index (χ0n) is 21.5. The van der Waals surface area contributed by atoms with Crippen LogP contribution in [-0.2, 0) is 24.8 Å². The van der Waals surface area contributed by atoms with Gasteiger partial charge in [-0.15, -0.1) is 0 Å². The molecule has 2 saturated heterocycles. The van der Waals surface area contributed by atoms with Crippen LogP contribution < -0.4 is 10.1 Å². The average molecular weight is 585 g/mol. The van der Waals surface area contributed by atoms with Gasteiger partial charge in [-0.1, -0.05) is 11.6 Å². The van der Waals surface area contributed by atoms with Crippen molar-refractivity contribution in [1.82, 2.24) is 13.5 Å². The van der Waals surface area contributed by atoms with Gasteiger partial charge in [0.1, 0.15) is 5.75 Å². The van der Waals surface area contributed by atoms with Crippen molar-refractivity contribution in [2.75, 3.05) is 58.2 Å². The number of rotatable bonds is 8. The van der Waals surface area contributed by atoms with Crippen LogP contribution in [0.5, 0.6) is 5.75 Å². The normalized spacial score (nSPS) is 20.2. The number of nitrogens with one attached hydrogen (secondary N) is 1. The summed E-state index contributed by atoms with van der Waals surface area (Å²) in [5.41, 5.74) is 0.450. The predicted molar refractivity (Wildman–Crippen MR) is 145 cm³/mol. The summed E-state index contributed by atoms with van der Waals surface area (Å²) in [6.07, 6.45) is 1.07. The van der Waals surface area contributed by atoms with Crippen molar-refractivity contribution in [1.29, 1.82) is 0 Å². The molecule has 0 aliphatic carbocycles. The standard InChI is InChI=1S/C25H33ClN4O6S2/c1-3-36-24-11-10-22(17-23(24)26)38(34,35)30-12-4-5-19(18-30)25(31)27-20-6-8-21(9-7-20)37(32,33)29-15-13-28(2)14-16-29/h6-11,17,19H,3-5,12-16,18H2,1-2H3,(H,27,31). The monoisotopic (exact) mass is 584 g/mol. The predicted octanol–water partition coefficient (Wildman–Crippen LogP) is 2.71. The van der Waals surface area contributed by atoms with Crippen molar-refractivity contribution in [3.63, 3.8) is 0 Å². The highest BCUT2D eigenvalue weighted by molar-refractivity contribution is 7.89. The molecule has 1 amide bonds. The molecule has 2 aromatic rings. The smallest absolute Gasteiger partial charge is 0.243 e. The van der Waals surface area contributed by atoms with E-state index in [4.69, 9.17) is 16.3 Å². The highest BCUT2D eigenvalue weighted by atomic mass is 35.5. The molecule has 2 heterocycles. The first kappa shape index (κ1) is 28.8. The zero-order valence-corrected chi connectivity index (χ0v) is 23.9. The second-order valence-corrected chi connectivity index (χ2v) is 13.7. The van der Waals surface area contributed by atoms with Crippen LogP contribution in [-0.4, -0.2) is 89.2 Å². The number of likely N-dealkylation sites (N-methyl/N-ethyl adjacent to an activating group) is 1. The molecule has 13 heteroatoms. The largest absolute Gasteiger partial charge is 0.492 e. The molecule has 0 spiro atoms. The van der Waals surface area contributed by atoms with Crippen molar-refractivity contribution < 1.29 is 26.4 Å². The number of hydrogen-bond donors (Lipinski definition) is 1. The highest BCUT2D eigenvalue weighted by Gasteiger charge is 2.34. The van der Waals surface area contributed by atoms with Gasteiger partial charge in [-0.3, -0.25) is 4.79 Å². The summed E-state index contributed by atoms with van der Waals surface area (Å²) in [6.45, 7) is 4.77. The first-order chi connectivity index (χ1) is 18.0. The van der Waals surface area contributed by atoms with Gasteiger partial charge in [-0.05, 0) is 69.3 Å². The maximum atomic E-state index is 13.2. The quantitative estimate of drug-likeness (QED) is 0.507. The van der Waals surface area contributed by atoms with E-state index in [-0.39, 0.29) is 27.3 Å². The number of carbonyl (C=O) groups excluding carboxylic acids is 1. The molecule has 10 nitrogen and oxygen atoms in total. The summed E-state index contributed by atoms with van der Waals surface area (Å²) in [5.74, 6) is -0.457. The van der Waals surface area contributed by atoms with Crippen molar-refractivity contribution in [2.24, 2.45) is 5.92 Å². The SMILES string of the molecule is CCOc1ccc(S(=O)(=O)N2CCCC(C(=O)Nc3ccc(S(=O)(=O)N4CCN(C)CC4)cc3)C2)cc1Cl. The number of amides is 1. The van der Waals surface area contributed by atoms with Crippen molar-refractivity contribution in [2.45, 2.75) is 29.6 Å². The molecule has 38 heavy (non-hydrogen) atoms. The van der Waals surface area contributed by atoms with E-state index in [9.17, 15) is 21.6 Å². The number of piperidine rings is 1. The Morgan fingerprint density at radius 1 is 0.947 bits per heavy atom. The van der Waals surface area contributed by atoms with Crippen LogP contribution in [0.4, 0.5) is 5.69 Å². The van der Waals surface area contributed by atoms with E-state index in [1.54, 1.807) is 12.1 Å². The van der Waals surface area contributed by atoms with E-state index in [0.29, 0.717) is 63.6 Å². The van der Waals surface area contributed by atoms with E-state index >= 15 is 0 Å². The molecular weight excluding hydrogens is 552 g/mol. The lowest BCUT2D eigenvalue weighted by atomic mass is 9.99. The molecule has 1 unspecified atom stereocenters. The van der Waals surface area contributed by atoms with Gasteiger partial charge in [0, 0.05) is 45.0 Å². The van der Waals surface area contributed by atoms with Crippen LogP contribution in [0.1, 0.15) is 19.8 Å². The minimum Gasteiger partial charge on any atom is -0.492 e. The van der Waals surface area contributed by atoms with Gasteiger partial charge < -0.3 is 15.0 Å². The minimum absolute atomic E-state index is 0.0366. The molecule has 2 aliphatic rings. The number of sulfonamides is 2. The van der Waals surface area contributed by atoms with Gasteiger partial charge in [0.05, 0.1) is 27.3 Å². The fourth-order valence-electron chi connectivity index (χ4n) is 4.57. The lowest BCUT2D eigenvalue weighted by molar-refractivity contribution is -0.120. The first-order valence-electron chi connectivity index (χ1n) is 12.5. The van der Waals surface area contributed by atoms with Crippen LogP contribution in [0.15, 0.2) is 52.3 Å². The summed E-state index contributed by atoms with van der Waals surface area (Å²) in [6, 6.07) is 10.4. The van der Waals surface area contributed by atoms with Crippen LogP contribution in [0.2, 0.25) is 5.02 Å². The Balaban J connectivity index is 1.40. The van der Waals surface area contributed by atoms with E-state index in [1.165, 1.54) is 38.9 Å². The molecule has 1 N–H and O–H groups in total. The van der Waals surface area contributed by atoms with E-state index in [2.05, 4.69) is 10.2 Å². The van der Waals surface area contributed by atoms with Gasteiger partial charge in [0.2, 0.25) is 26.0 Å². The molecular formula is C25H33ClN4O6S2. The Bertz CT molecular complexity index is 1360. The van der Waals surface area contributed by atoms with E-state index in [0.717, 1.165) is 0 Å². The third-order valence-corrected chi connectivity index (χ3v) is 10.9. The number of anilines is 1. The van der Waals surface area contributed by atoms with Crippen molar-refractivity contribution in [3.8, 4) is 5.75 Å². The number of nitrogens with zero attached hydrogens (tertiary/aromatic N) is 3. The number of ether oxygens (including phenoxy) is 1. The maximum absolute atomic E-state index is 13.2. The lowest BCUT2D eigenvalue weighted by Crippen LogP contribution is -2.47. The number of carbonyl (C=O) groups is 1. The van der Waals surface area contributed by atoms with Crippen LogP contribution in [0.25, 0.3) is 0 Å². The second kappa shape index (κ2) is 11.9. The number of piperazine rings is 1. The Morgan fingerprint density at radius 3 is 2.21 bits per heavy atom. The Morgan fingerprint density at radius 2 is 1.58 bits per heavy atom. The van der Waals surface area contributed by atoms with Gasteiger partial charge >= 0.3 is 0 Å². The average Bonchev–Trinajstić information content (AvgIpc) is 2.90. The maximum Gasteiger partial charge on any atom is 0.243 e. The lowest BCUT2D eigenvalue weighted by Gasteiger charge is -2.31. The molecule has 2 aromatic carbocycles. The molecule has 1 atom stereocenters. The molecule has 2 aliphatic heterocycles. The molecule has 0 radical (unpaired) electrons. The third kappa shape index (κ3) is 6.32. The summed E-state index contributed by atoms with van der Waals surface area (Å²) < 4.78 is 60.5. The molecule has 0 aromatic heterocycles. The minimum atomic E-state index is -3.85. The summed E-state index contributed by atoms with van der Waals surface area (Å²) in [5, 5.41) is 3.01. The zero-order chi connectivity index (χ0) is 27.5. The molecule has 2 fully saturated rings. The number of halogens is 1. The van der Waals surface area contributed by atoms with E-state index in [1.807, 2.05) is 14.0 Å². The first-order valence-corrected chi connectivity index (χ1v) is 15.8. The fourth-order valence-corrected chi connectivity index (χ4v) is 7.84. The Kier molecular flexibility index (Phi) is 9.00. The van der Waals surface area contributed by atoms with Gasteiger partial charge in [0.25, 0.3) is 0 Å². The van der Waals surface area contributed by atoms with Crippen LogP contribution in [0.3, 0.4) is 0 Å². The second-order valence-electron chi connectivity index (χ2n) is 9.45. The Labute approximate surface area is 229 Å². The summed E-state index contributed by atoms with van der Waals surface area (Å²) in [4.78, 5) is 15.3. The molecule has 0 bridgehead atoms. The summed E-state index contributed by atoms with van der Waals surface area (Å²) in [7, 11) is -5.50. The highest BCUT2D eigenvalue weighted by Crippen LogP contribution is 2.31. The Hall–Kier alpha value is -2.22. The van der Waals surface area contributed by atoms with Gasteiger partial charge in [0.15, 0.2) is 0 Å². The third-order valence-electron chi connectivity index (χ3n) is 6.82. The van der Waals surface area contributed by atoms with Crippen molar-refractivity contribution in [3.05, 3.63) is 47.5 Å². The number of benzene rings is 2. The van der Waals surface area contributed by atoms with Crippen molar-refractivity contribution >= 4 is 43.2 Å². The van der Waals surface area contributed by atoms with Gasteiger partial charge in [-0.2, -0.15) is 8.61 Å². The van der Waals surface area contributed by atoms with E-state index < -0.39 is 26.0 Å². The number of hydrogen-bond acceptors (Lipinski definition) is 7. The van der Waals surface area contributed by atoms with Crippen LogP contribution in [0, 0.1) is 5.92 Å². The topological polar surface area (TPSA) is 116 Å². The summed E-state index contributed by atoms with van der Waals surface area (Å²) >= 11 is 6.20. The van der Waals surface area contributed by atoms with Crippen LogP contribution >= 0.6 is 11.6 Å². The van der Waals surface area contributed by atoms with Gasteiger partial charge in [-0.25, -0.2) is 16.8 Å². The molecule has 208 valence electrons. The molecule has 0 saturated carbocycles.